The SMILES string of the molecule is C[C@@H]1CC[C@@H]2N(C1)C[C@H]1[C@@H]3C[C@H]4[C@@H](C/C(=N\O)[C@@H]5C[C@@H](O)CC[C@@]54C)[C@@H]3CC[C@@H]1[C@]2(C)O. The van der Waals surface area contributed by atoms with E-state index in [4.69, 9.17) is 0 Å². The highest BCUT2D eigenvalue weighted by Crippen LogP contribution is 2.66. The monoisotopic (exact) mass is 444 g/mol. The summed E-state index contributed by atoms with van der Waals surface area (Å²) in [5, 5.41) is 36.0. The molecule has 5 heteroatoms. The number of aliphatic hydroxyl groups excluding tert-OH is 1. The van der Waals surface area contributed by atoms with E-state index in [1.54, 1.807) is 0 Å². The van der Waals surface area contributed by atoms with Crippen LogP contribution in [0.4, 0.5) is 0 Å². The first kappa shape index (κ1) is 21.9. The molecule has 180 valence electrons. The Bertz CT molecular complexity index is 783. The summed E-state index contributed by atoms with van der Waals surface area (Å²) in [6.45, 7) is 9.30. The Kier molecular flexibility index (Phi) is 5.07. The van der Waals surface area contributed by atoms with Crippen LogP contribution in [-0.2, 0) is 0 Å². The van der Waals surface area contributed by atoms with Gasteiger partial charge in [-0.1, -0.05) is 19.0 Å². The zero-order chi connectivity index (χ0) is 22.4. The summed E-state index contributed by atoms with van der Waals surface area (Å²) >= 11 is 0. The van der Waals surface area contributed by atoms with Crippen molar-refractivity contribution in [1.82, 2.24) is 4.90 Å². The Labute approximate surface area is 193 Å². The van der Waals surface area contributed by atoms with Crippen molar-refractivity contribution in [2.75, 3.05) is 13.1 Å². The Morgan fingerprint density at radius 2 is 1.72 bits per heavy atom. The van der Waals surface area contributed by atoms with E-state index >= 15 is 0 Å². The fourth-order valence-corrected chi connectivity index (χ4v) is 10.5. The second-order valence-electron chi connectivity index (χ2n) is 13.3. The third-order valence-corrected chi connectivity index (χ3v) is 12.0. The molecule has 2 heterocycles. The molecule has 0 aromatic carbocycles. The molecule has 4 aliphatic carbocycles. The number of oxime groups is 1. The van der Waals surface area contributed by atoms with Crippen molar-refractivity contribution >= 4 is 5.71 Å². The lowest BCUT2D eigenvalue weighted by molar-refractivity contribution is -0.175. The third kappa shape index (κ3) is 2.95. The predicted octanol–water partition coefficient (Wildman–Crippen LogP) is 4.15. The first-order valence-corrected chi connectivity index (χ1v) is 13.6. The molecule has 6 rings (SSSR count). The maximum absolute atomic E-state index is 11.9. The molecule has 3 N–H and O–H groups in total. The topological polar surface area (TPSA) is 76.3 Å². The average molecular weight is 445 g/mol. The normalized spacial score (nSPS) is 59.0. The van der Waals surface area contributed by atoms with Crippen molar-refractivity contribution in [2.24, 2.45) is 57.9 Å². The van der Waals surface area contributed by atoms with E-state index < -0.39 is 5.60 Å². The molecule has 2 saturated heterocycles. The average Bonchev–Trinajstić information content (AvgIpc) is 3.14. The van der Waals surface area contributed by atoms with E-state index in [9.17, 15) is 15.4 Å². The van der Waals surface area contributed by atoms with Crippen LogP contribution >= 0.6 is 0 Å². The van der Waals surface area contributed by atoms with Crippen LogP contribution in [-0.4, -0.2) is 56.9 Å². The van der Waals surface area contributed by atoms with Crippen LogP contribution in [0.5, 0.6) is 0 Å². The van der Waals surface area contributed by atoms with E-state index in [0.717, 1.165) is 56.7 Å². The molecule has 0 unspecified atom stereocenters. The van der Waals surface area contributed by atoms with Crippen molar-refractivity contribution in [3.63, 3.8) is 0 Å². The molecule has 0 bridgehead atoms. The van der Waals surface area contributed by atoms with Crippen molar-refractivity contribution in [1.29, 1.82) is 0 Å². The van der Waals surface area contributed by atoms with Gasteiger partial charge in [0, 0.05) is 25.0 Å². The number of rotatable bonds is 0. The molecule has 0 amide bonds. The number of aliphatic hydroxyl groups is 2. The fourth-order valence-electron chi connectivity index (χ4n) is 10.5. The van der Waals surface area contributed by atoms with Crippen LogP contribution in [0.25, 0.3) is 0 Å². The summed E-state index contributed by atoms with van der Waals surface area (Å²) in [5.41, 5.74) is 0.549. The van der Waals surface area contributed by atoms with Gasteiger partial charge in [-0.3, -0.25) is 4.90 Å². The highest BCUT2D eigenvalue weighted by atomic mass is 16.4. The van der Waals surface area contributed by atoms with Crippen LogP contribution in [0.3, 0.4) is 0 Å². The Hall–Kier alpha value is -0.650. The van der Waals surface area contributed by atoms with Crippen molar-refractivity contribution in [2.45, 2.75) is 96.3 Å². The van der Waals surface area contributed by atoms with Crippen LogP contribution in [0.1, 0.15) is 78.6 Å². The molecule has 32 heavy (non-hydrogen) atoms. The maximum Gasteiger partial charge on any atom is 0.0805 e. The summed E-state index contributed by atoms with van der Waals surface area (Å²) in [4.78, 5) is 2.67. The minimum Gasteiger partial charge on any atom is -0.411 e. The number of hydrogen-bond acceptors (Lipinski definition) is 5. The van der Waals surface area contributed by atoms with Gasteiger partial charge in [-0.2, -0.15) is 0 Å². The third-order valence-electron chi connectivity index (χ3n) is 12.0. The standard InChI is InChI=1S/C27H44N2O3/c1-15-4-7-25-27(3,31)21-6-5-17-18(20(21)14-29(25)13-15)11-22-19(17)12-24(28-32)23-10-16(30)8-9-26(22,23)2/h15-23,25,30-32H,4-14H2,1-3H3/b28-24+/t15-,16+,17-,18-,19+,20+,21+,22+,23+,25+,26-,27+/m1/s1. The number of hydrogen-bond donors (Lipinski definition) is 3. The van der Waals surface area contributed by atoms with E-state index in [1.165, 1.54) is 25.8 Å². The van der Waals surface area contributed by atoms with Crippen molar-refractivity contribution < 1.29 is 15.4 Å². The lowest BCUT2D eigenvalue weighted by Gasteiger charge is -2.59. The molecule has 5 nitrogen and oxygen atoms in total. The fraction of sp³-hybridized carbons (Fsp3) is 0.963. The molecule has 0 spiro atoms. The van der Waals surface area contributed by atoms with Gasteiger partial charge in [0.1, 0.15) is 0 Å². The van der Waals surface area contributed by atoms with Crippen LogP contribution < -0.4 is 0 Å². The smallest absolute Gasteiger partial charge is 0.0805 e. The van der Waals surface area contributed by atoms with Crippen molar-refractivity contribution in [3.8, 4) is 0 Å². The first-order valence-electron chi connectivity index (χ1n) is 13.6. The second kappa shape index (κ2) is 7.42. The summed E-state index contributed by atoms with van der Waals surface area (Å²) in [6, 6.07) is 0.343. The molecule has 0 radical (unpaired) electrons. The Balaban J connectivity index is 1.32. The summed E-state index contributed by atoms with van der Waals surface area (Å²) < 4.78 is 0. The molecule has 4 saturated carbocycles. The molecule has 0 aromatic heterocycles. The van der Waals surface area contributed by atoms with Gasteiger partial charge in [-0.05, 0) is 112 Å². The molecule has 6 aliphatic rings. The Morgan fingerprint density at radius 1 is 0.906 bits per heavy atom. The maximum atomic E-state index is 11.9. The molecular formula is C27H44N2O3. The number of piperidine rings is 2. The van der Waals surface area contributed by atoms with E-state index in [1.807, 2.05) is 0 Å². The van der Waals surface area contributed by atoms with E-state index in [0.29, 0.717) is 41.5 Å². The van der Waals surface area contributed by atoms with Crippen LogP contribution in [0.2, 0.25) is 0 Å². The first-order chi connectivity index (χ1) is 15.2. The van der Waals surface area contributed by atoms with E-state index in [-0.39, 0.29) is 17.4 Å². The molecule has 2 aliphatic heterocycles. The molecular weight excluding hydrogens is 400 g/mol. The summed E-state index contributed by atoms with van der Waals surface area (Å²) in [6.07, 6.45) is 9.45. The Morgan fingerprint density at radius 3 is 2.50 bits per heavy atom. The summed E-state index contributed by atoms with van der Waals surface area (Å²) in [5.74, 6) is 4.68. The molecule has 0 aromatic rings. The lowest BCUT2D eigenvalue weighted by Crippen LogP contribution is -2.67. The lowest BCUT2D eigenvalue weighted by atomic mass is 9.51. The largest absolute Gasteiger partial charge is 0.411 e. The zero-order valence-corrected chi connectivity index (χ0v) is 20.3. The van der Waals surface area contributed by atoms with Crippen LogP contribution in [0, 0.1) is 52.8 Å². The van der Waals surface area contributed by atoms with Gasteiger partial charge in [0.2, 0.25) is 0 Å². The predicted molar refractivity (Wildman–Crippen MR) is 124 cm³/mol. The number of fused-ring (bicyclic) bond motifs is 8. The zero-order valence-electron chi connectivity index (χ0n) is 20.3. The summed E-state index contributed by atoms with van der Waals surface area (Å²) in [7, 11) is 0. The van der Waals surface area contributed by atoms with Gasteiger partial charge in [-0.25, -0.2) is 0 Å². The van der Waals surface area contributed by atoms with E-state index in [2.05, 4.69) is 30.8 Å². The van der Waals surface area contributed by atoms with Gasteiger partial charge >= 0.3 is 0 Å². The highest BCUT2D eigenvalue weighted by molar-refractivity contribution is 5.88. The van der Waals surface area contributed by atoms with Gasteiger partial charge in [-0.15, -0.1) is 0 Å². The van der Waals surface area contributed by atoms with Crippen molar-refractivity contribution in [3.05, 3.63) is 0 Å². The molecule has 12 atom stereocenters. The number of nitrogens with zero attached hydrogens (tertiary/aromatic N) is 2. The second-order valence-corrected chi connectivity index (χ2v) is 13.3. The minimum atomic E-state index is -0.569. The van der Waals surface area contributed by atoms with Gasteiger partial charge < -0.3 is 15.4 Å². The van der Waals surface area contributed by atoms with Gasteiger partial charge in [0.15, 0.2) is 0 Å². The van der Waals surface area contributed by atoms with Crippen LogP contribution in [0.15, 0.2) is 5.16 Å². The molecule has 6 fully saturated rings. The van der Waals surface area contributed by atoms with Gasteiger partial charge in [0.25, 0.3) is 0 Å². The van der Waals surface area contributed by atoms with Gasteiger partial charge in [0.05, 0.1) is 17.4 Å². The minimum absolute atomic E-state index is 0.149. The highest BCUT2D eigenvalue weighted by Gasteiger charge is 2.64. The quantitative estimate of drug-likeness (QED) is 0.388.